The van der Waals surface area contributed by atoms with E-state index in [1.165, 1.54) is 32.1 Å². The molecule has 1 aliphatic heterocycles. The number of ether oxygens (including phenoxy) is 1. The number of hydrogen-bond donors (Lipinski definition) is 2. The zero-order chi connectivity index (χ0) is 16.1. The molecule has 1 aliphatic carbocycles. The topological polar surface area (TPSA) is 46.3 Å². The molecule has 0 unspecified atom stereocenters. The van der Waals surface area contributed by atoms with Gasteiger partial charge >= 0.3 is 0 Å². The van der Waals surface area contributed by atoms with E-state index in [9.17, 15) is 5.11 Å². The third-order valence-electron chi connectivity index (χ3n) is 5.27. The van der Waals surface area contributed by atoms with Crippen molar-refractivity contribution in [3.05, 3.63) is 28.8 Å². The number of aliphatic imine (C=N–C) groups is 1. The van der Waals surface area contributed by atoms with E-state index in [1.807, 2.05) is 0 Å². The van der Waals surface area contributed by atoms with E-state index in [0.29, 0.717) is 10.6 Å². The van der Waals surface area contributed by atoms with E-state index in [1.54, 1.807) is 29.3 Å². The molecule has 0 aromatic heterocycles. The summed E-state index contributed by atoms with van der Waals surface area (Å²) in [6.07, 6.45) is 8.18. The molecular weight excluding hydrogens is 312 g/mol. The maximum atomic E-state index is 9.91. The maximum Gasteiger partial charge on any atom is 0.124 e. The highest BCUT2D eigenvalue weighted by Gasteiger charge is 2.42. The van der Waals surface area contributed by atoms with E-state index >= 15 is 0 Å². The van der Waals surface area contributed by atoms with Crippen LogP contribution in [-0.4, -0.2) is 49.7 Å². The lowest BCUT2D eigenvalue weighted by Crippen LogP contribution is -3.22. The Balaban J connectivity index is 1.73. The van der Waals surface area contributed by atoms with Gasteiger partial charge in [-0.2, -0.15) is 0 Å². The van der Waals surface area contributed by atoms with Crippen molar-refractivity contribution >= 4 is 17.8 Å². The van der Waals surface area contributed by atoms with Gasteiger partial charge in [-0.15, -0.1) is 0 Å². The molecule has 0 atom stereocenters. The van der Waals surface area contributed by atoms with E-state index in [4.69, 9.17) is 21.3 Å². The zero-order valence-corrected chi connectivity index (χ0v) is 14.3. The summed E-state index contributed by atoms with van der Waals surface area (Å²) in [5.41, 5.74) is 0.938. The molecule has 1 heterocycles. The molecule has 1 aromatic rings. The van der Waals surface area contributed by atoms with Gasteiger partial charge in [-0.05, 0) is 31.0 Å². The Hall–Kier alpha value is -1.10. The number of nitrogens with one attached hydrogen (secondary N) is 1. The van der Waals surface area contributed by atoms with Crippen molar-refractivity contribution in [2.24, 2.45) is 4.99 Å². The highest BCUT2D eigenvalue weighted by Crippen LogP contribution is 2.27. The van der Waals surface area contributed by atoms with Crippen LogP contribution < -0.4 is 4.90 Å². The summed E-state index contributed by atoms with van der Waals surface area (Å²) >= 11 is 6.00. The van der Waals surface area contributed by atoms with Crippen LogP contribution in [0.3, 0.4) is 0 Å². The van der Waals surface area contributed by atoms with Gasteiger partial charge in [-0.3, -0.25) is 4.99 Å². The molecule has 0 amide bonds. The second-order valence-electron chi connectivity index (χ2n) is 6.73. The van der Waals surface area contributed by atoms with E-state index in [-0.39, 0.29) is 11.3 Å². The molecule has 2 aliphatic rings. The Bertz CT molecular complexity index is 550. The first-order valence-corrected chi connectivity index (χ1v) is 8.99. The first-order chi connectivity index (χ1) is 11.2. The molecule has 0 bridgehead atoms. The molecule has 1 aromatic carbocycles. The van der Waals surface area contributed by atoms with E-state index in [0.717, 1.165) is 32.8 Å². The molecule has 126 valence electrons. The van der Waals surface area contributed by atoms with Crippen LogP contribution in [0, 0.1) is 0 Å². The Kier molecular flexibility index (Phi) is 5.57. The fourth-order valence-corrected chi connectivity index (χ4v) is 4.13. The van der Waals surface area contributed by atoms with Crippen molar-refractivity contribution < 1.29 is 14.7 Å². The number of rotatable bonds is 4. The number of nitrogens with zero attached hydrogens (tertiary/aromatic N) is 1. The van der Waals surface area contributed by atoms with Crippen LogP contribution in [-0.2, 0) is 4.74 Å². The number of aromatic hydroxyl groups is 1. The van der Waals surface area contributed by atoms with Crippen LogP contribution in [0.2, 0.25) is 5.02 Å². The maximum absolute atomic E-state index is 9.91. The van der Waals surface area contributed by atoms with Gasteiger partial charge in [0.15, 0.2) is 0 Å². The molecule has 5 heteroatoms. The normalized spacial score (nSPS) is 22.5. The second kappa shape index (κ2) is 7.65. The van der Waals surface area contributed by atoms with Crippen LogP contribution >= 0.6 is 11.6 Å². The number of phenols is 1. The highest BCUT2D eigenvalue weighted by atomic mass is 35.5. The number of hydrogen-bond acceptors (Lipinski definition) is 3. The number of morpholine rings is 1. The Labute approximate surface area is 143 Å². The lowest BCUT2D eigenvalue weighted by atomic mass is 9.80. The molecule has 3 rings (SSSR count). The monoisotopic (exact) mass is 337 g/mol. The van der Waals surface area contributed by atoms with Gasteiger partial charge in [-0.1, -0.05) is 18.0 Å². The third-order valence-corrected chi connectivity index (χ3v) is 5.51. The fraction of sp³-hybridized carbons (Fsp3) is 0.611. The quantitative estimate of drug-likeness (QED) is 0.826. The molecule has 0 radical (unpaired) electrons. The third kappa shape index (κ3) is 4.06. The highest BCUT2D eigenvalue weighted by molar-refractivity contribution is 6.30. The van der Waals surface area contributed by atoms with E-state index < -0.39 is 0 Å². The van der Waals surface area contributed by atoms with Crippen LogP contribution in [0.4, 0.5) is 0 Å². The van der Waals surface area contributed by atoms with Gasteiger partial charge in [0.05, 0.1) is 19.8 Å². The zero-order valence-electron chi connectivity index (χ0n) is 13.6. The van der Waals surface area contributed by atoms with Crippen LogP contribution in [0.25, 0.3) is 0 Å². The lowest BCUT2D eigenvalue weighted by molar-refractivity contribution is -0.959. The van der Waals surface area contributed by atoms with Gasteiger partial charge in [0.25, 0.3) is 0 Å². The van der Waals surface area contributed by atoms with Gasteiger partial charge in [0.2, 0.25) is 0 Å². The minimum absolute atomic E-state index is 0.231. The molecular formula is C18H26ClN2O2+. The summed E-state index contributed by atoms with van der Waals surface area (Å²) in [6, 6.07) is 5.07. The first kappa shape index (κ1) is 16.7. The summed E-state index contributed by atoms with van der Waals surface area (Å²) in [5.74, 6) is 0.231. The summed E-state index contributed by atoms with van der Waals surface area (Å²) in [6.45, 7) is 4.69. The summed E-state index contributed by atoms with van der Waals surface area (Å²) in [4.78, 5) is 6.36. The summed E-state index contributed by atoms with van der Waals surface area (Å²) in [5, 5.41) is 10.5. The predicted molar refractivity (Wildman–Crippen MR) is 92.9 cm³/mol. The van der Waals surface area contributed by atoms with Gasteiger partial charge < -0.3 is 14.7 Å². The Morgan fingerprint density at radius 1 is 1.22 bits per heavy atom. The minimum Gasteiger partial charge on any atom is -0.507 e. The van der Waals surface area contributed by atoms with Crippen LogP contribution in [0.15, 0.2) is 23.2 Å². The average Bonchev–Trinajstić information content (AvgIpc) is 2.60. The number of halogens is 1. The second-order valence-corrected chi connectivity index (χ2v) is 7.17. The van der Waals surface area contributed by atoms with Gasteiger partial charge in [0, 0.05) is 29.6 Å². The number of benzene rings is 1. The van der Waals surface area contributed by atoms with E-state index in [2.05, 4.69) is 0 Å². The van der Waals surface area contributed by atoms with Crippen molar-refractivity contribution in [1.29, 1.82) is 0 Å². The number of quaternary nitrogens is 1. The first-order valence-electron chi connectivity index (χ1n) is 8.61. The van der Waals surface area contributed by atoms with Crippen molar-refractivity contribution in [2.45, 2.75) is 37.6 Å². The minimum atomic E-state index is 0.231. The average molecular weight is 338 g/mol. The van der Waals surface area contributed by atoms with Crippen LogP contribution in [0.1, 0.15) is 37.7 Å². The number of phenolic OH excluding ortho intramolecular Hbond substituents is 1. The molecule has 4 nitrogen and oxygen atoms in total. The molecule has 0 spiro atoms. The SMILES string of the molecule is Oc1ccc(Cl)cc1C=NCC1([NH+]2CCOCC2)CCCCC1. The molecule has 2 N–H and O–H groups in total. The van der Waals surface area contributed by atoms with Crippen molar-refractivity contribution in [1.82, 2.24) is 0 Å². The Morgan fingerprint density at radius 3 is 2.70 bits per heavy atom. The largest absolute Gasteiger partial charge is 0.507 e. The summed E-state index contributed by atoms with van der Waals surface area (Å²) < 4.78 is 5.53. The predicted octanol–water partition coefficient (Wildman–Crippen LogP) is 2.08. The molecule has 23 heavy (non-hydrogen) atoms. The van der Waals surface area contributed by atoms with Gasteiger partial charge in [-0.25, -0.2) is 0 Å². The van der Waals surface area contributed by atoms with Crippen LogP contribution in [0.5, 0.6) is 5.75 Å². The molecule has 1 saturated heterocycles. The van der Waals surface area contributed by atoms with Gasteiger partial charge in [0.1, 0.15) is 24.4 Å². The fourth-order valence-electron chi connectivity index (χ4n) is 3.95. The molecule has 1 saturated carbocycles. The smallest absolute Gasteiger partial charge is 0.124 e. The Morgan fingerprint density at radius 2 is 1.96 bits per heavy atom. The van der Waals surface area contributed by atoms with Crippen molar-refractivity contribution in [2.75, 3.05) is 32.8 Å². The standard InChI is InChI=1S/C18H25ClN2O2/c19-16-4-5-17(22)15(12-16)13-20-14-18(6-2-1-3-7-18)21-8-10-23-11-9-21/h4-5,12-13,22H,1-3,6-11,14H2/p+1. The van der Waals surface area contributed by atoms with Crippen molar-refractivity contribution in [3.8, 4) is 5.75 Å². The van der Waals surface area contributed by atoms with Crippen molar-refractivity contribution in [3.63, 3.8) is 0 Å². The molecule has 2 fully saturated rings. The lowest BCUT2D eigenvalue weighted by Gasteiger charge is -2.44. The summed E-state index contributed by atoms with van der Waals surface area (Å²) in [7, 11) is 0.